The molecule has 0 spiro atoms. The number of nitrogens with zero attached hydrogens (tertiary/aromatic N) is 1. The van der Waals surface area contributed by atoms with Gasteiger partial charge in [-0.15, -0.1) is 11.3 Å². The van der Waals surface area contributed by atoms with Crippen LogP contribution in [-0.2, 0) is 0 Å². The van der Waals surface area contributed by atoms with Gasteiger partial charge in [-0.2, -0.15) is 0 Å². The molecule has 0 fully saturated rings. The minimum absolute atomic E-state index is 0.831. The van der Waals surface area contributed by atoms with Gasteiger partial charge in [0.15, 0.2) is 0 Å². The molecule has 3 heteroatoms. The van der Waals surface area contributed by atoms with Gasteiger partial charge in [0.25, 0.3) is 0 Å². The first-order valence-electron chi connectivity index (χ1n) is 20.7. The third kappa shape index (κ3) is 6.18. The topological polar surface area (TPSA) is 12.5 Å². The van der Waals surface area contributed by atoms with E-state index in [2.05, 4.69) is 229 Å². The maximum absolute atomic E-state index is 6.92. The highest BCUT2D eigenvalue weighted by Crippen LogP contribution is 2.51. The molecule has 0 N–H and O–H groups in total. The summed E-state index contributed by atoms with van der Waals surface area (Å²) in [7, 11) is 0. The molecule has 286 valence electrons. The summed E-state index contributed by atoms with van der Waals surface area (Å²) in [4.78, 5) is 2.37. The molecule has 2 nitrogen and oxygen atoms in total. The lowest BCUT2D eigenvalue weighted by molar-refractivity contribution is 0.488. The Morgan fingerprint density at radius 1 is 0.311 bits per heavy atom. The molecule has 11 aromatic rings. The number of hydrogen-bond donors (Lipinski definition) is 0. The van der Waals surface area contributed by atoms with Crippen LogP contribution >= 0.6 is 11.3 Å². The number of rotatable bonds is 6. The fraction of sp³-hybridized carbons (Fsp3) is 0. The molecule has 0 radical (unpaired) electrons. The summed E-state index contributed by atoms with van der Waals surface area (Å²) in [5, 5.41) is 5.01. The minimum Gasteiger partial charge on any atom is -0.456 e. The van der Waals surface area contributed by atoms with Crippen LogP contribution in [-0.4, -0.2) is 0 Å². The molecule has 0 atom stereocenters. The van der Waals surface area contributed by atoms with Gasteiger partial charge >= 0.3 is 0 Å². The van der Waals surface area contributed by atoms with Crippen LogP contribution in [0.1, 0.15) is 0 Å². The monoisotopic (exact) mass is 795 g/mol. The molecule has 1 aromatic heterocycles. The first-order valence-corrected chi connectivity index (χ1v) is 21.5. The van der Waals surface area contributed by atoms with Crippen LogP contribution in [0.4, 0.5) is 17.1 Å². The Morgan fingerprint density at radius 3 is 1.51 bits per heavy atom. The Hall–Kier alpha value is -7.72. The lowest BCUT2D eigenvalue weighted by Crippen LogP contribution is -2.10. The minimum atomic E-state index is 0.831. The van der Waals surface area contributed by atoms with Gasteiger partial charge in [-0.1, -0.05) is 152 Å². The summed E-state index contributed by atoms with van der Waals surface area (Å²) in [5.74, 6) is 1.68. The Labute approximate surface area is 358 Å². The summed E-state index contributed by atoms with van der Waals surface area (Å²) in [6, 6.07) is 81.1. The highest BCUT2D eigenvalue weighted by Gasteiger charge is 2.25. The van der Waals surface area contributed by atoms with Crippen molar-refractivity contribution in [2.75, 3.05) is 4.90 Å². The van der Waals surface area contributed by atoms with Gasteiger partial charge in [0.05, 0.1) is 0 Å². The van der Waals surface area contributed by atoms with E-state index in [4.69, 9.17) is 4.74 Å². The van der Waals surface area contributed by atoms with Crippen LogP contribution < -0.4 is 9.64 Å². The predicted molar refractivity (Wildman–Crippen MR) is 259 cm³/mol. The molecule has 0 amide bonds. The van der Waals surface area contributed by atoms with Gasteiger partial charge in [0, 0.05) is 48.4 Å². The summed E-state index contributed by atoms with van der Waals surface area (Å²) < 4.78 is 9.55. The Morgan fingerprint density at radius 2 is 0.820 bits per heavy atom. The second-order valence-electron chi connectivity index (χ2n) is 15.7. The maximum Gasteiger partial charge on any atom is 0.135 e. The molecular weight excluding hydrogens is 759 g/mol. The summed E-state index contributed by atoms with van der Waals surface area (Å²) in [5.41, 5.74) is 14.8. The number of benzene rings is 10. The Kier molecular flexibility index (Phi) is 8.39. The van der Waals surface area contributed by atoms with Crippen LogP contribution in [0.25, 0.3) is 86.6 Å². The van der Waals surface area contributed by atoms with E-state index in [1.165, 1.54) is 58.8 Å². The number of hydrogen-bond acceptors (Lipinski definition) is 3. The summed E-state index contributed by atoms with van der Waals surface area (Å²) >= 11 is 1.87. The second-order valence-corrected chi connectivity index (χ2v) is 16.7. The van der Waals surface area contributed by atoms with Crippen molar-refractivity contribution in [3.63, 3.8) is 0 Å². The summed E-state index contributed by atoms with van der Waals surface area (Å²) in [6.07, 6.45) is 0. The van der Waals surface area contributed by atoms with E-state index in [1.54, 1.807) is 0 Å². The van der Waals surface area contributed by atoms with Crippen molar-refractivity contribution in [3.8, 4) is 67.1 Å². The number of anilines is 3. The van der Waals surface area contributed by atoms with E-state index in [0.717, 1.165) is 56.4 Å². The van der Waals surface area contributed by atoms with Gasteiger partial charge in [-0.3, -0.25) is 0 Å². The van der Waals surface area contributed by atoms with Gasteiger partial charge < -0.3 is 9.64 Å². The smallest absolute Gasteiger partial charge is 0.135 e. The lowest BCUT2D eigenvalue weighted by atomic mass is 9.90. The molecular formula is C58H37NOS. The first kappa shape index (κ1) is 35.2. The fourth-order valence-electron chi connectivity index (χ4n) is 9.05. The molecule has 10 aromatic carbocycles. The van der Waals surface area contributed by atoms with Crippen molar-refractivity contribution < 1.29 is 4.74 Å². The average molecular weight is 796 g/mol. The quantitative estimate of drug-likeness (QED) is 0.166. The highest BCUT2D eigenvalue weighted by atomic mass is 32.1. The zero-order valence-corrected chi connectivity index (χ0v) is 33.9. The molecule has 0 aliphatic carbocycles. The van der Waals surface area contributed by atoms with Crippen LogP contribution in [0.15, 0.2) is 224 Å². The maximum atomic E-state index is 6.92. The average Bonchev–Trinajstić information content (AvgIpc) is 3.66. The molecule has 2 heterocycles. The van der Waals surface area contributed by atoms with E-state index in [-0.39, 0.29) is 0 Å². The molecule has 0 bridgehead atoms. The third-order valence-corrected chi connectivity index (χ3v) is 13.3. The van der Waals surface area contributed by atoms with Crippen molar-refractivity contribution in [2.24, 2.45) is 0 Å². The van der Waals surface area contributed by atoms with Crippen molar-refractivity contribution in [1.29, 1.82) is 0 Å². The Balaban J connectivity index is 1.02. The Bertz CT molecular complexity index is 3420. The molecule has 1 aliphatic heterocycles. The van der Waals surface area contributed by atoms with Crippen LogP contribution in [0.2, 0.25) is 0 Å². The van der Waals surface area contributed by atoms with Crippen molar-refractivity contribution in [1.82, 2.24) is 0 Å². The van der Waals surface area contributed by atoms with E-state index in [0.29, 0.717) is 0 Å². The zero-order valence-electron chi connectivity index (χ0n) is 33.1. The van der Waals surface area contributed by atoms with E-state index >= 15 is 0 Å². The summed E-state index contributed by atoms with van der Waals surface area (Å²) in [6.45, 7) is 0. The van der Waals surface area contributed by atoms with Gasteiger partial charge in [-0.25, -0.2) is 0 Å². The first-order chi connectivity index (χ1) is 30.2. The molecule has 0 saturated carbocycles. The molecule has 61 heavy (non-hydrogen) atoms. The SMILES string of the molecule is c1ccc(-c2ccc(N(c3ccc(-c4cccc5c4sc4ccccc45)cc3)c3ccc4c(c3)-c3cc5ccccc5cc3-c3cc(-c5ccccc5)ccc3O4)cc2)cc1. The van der Waals surface area contributed by atoms with Crippen LogP contribution in [0.5, 0.6) is 11.5 Å². The number of ether oxygens (including phenoxy) is 1. The van der Waals surface area contributed by atoms with E-state index in [9.17, 15) is 0 Å². The van der Waals surface area contributed by atoms with Crippen LogP contribution in [0, 0.1) is 0 Å². The molecule has 0 saturated heterocycles. The zero-order chi connectivity index (χ0) is 40.3. The van der Waals surface area contributed by atoms with Crippen LogP contribution in [0.3, 0.4) is 0 Å². The van der Waals surface area contributed by atoms with E-state index in [1.807, 2.05) is 11.3 Å². The van der Waals surface area contributed by atoms with Gasteiger partial charge in [-0.05, 0) is 128 Å². The fourth-order valence-corrected chi connectivity index (χ4v) is 10.3. The highest BCUT2D eigenvalue weighted by molar-refractivity contribution is 7.26. The molecule has 0 unspecified atom stereocenters. The number of thiophene rings is 1. The van der Waals surface area contributed by atoms with Crippen molar-refractivity contribution in [3.05, 3.63) is 224 Å². The van der Waals surface area contributed by atoms with Gasteiger partial charge in [0.1, 0.15) is 11.5 Å². The lowest BCUT2D eigenvalue weighted by Gasteiger charge is -2.27. The standard InChI is InChI=1S/C58H37NOS/c1-3-12-38(13-4-1)40-22-27-45(28-23-40)59(46-29-24-41(25-30-46)48-19-11-20-50-49-18-9-10-21-57(49)61-58(48)50)47-31-33-56-54(37-47)52-35-43-17-8-7-16-42(43)34-51(52)53-36-44(26-32-55(53)60-56)39-14-5-2-6-15-39/h1-37H. The largest absolute Gasteiger partial charge is 0.456 e. The van der Waals surface area contributed by atoms with Gasteiger partial charge in [0.2, 0.25) is 0 Å². The molecule has 12 rings (SSSR count). The predicted octanol–water partition coefficient (Wildman–Crippen LogP) is 17.1. The van der Waals surface area contributed by atoms with Crippen molar-refractivity contribution in [2.45, 2.75) is 0 Å². The third-order valence-electron chi connectivity index (χ3n) is 12.1. The number of fused-ring (bicyclic) bond motifs is 9. The van der Waals surface area contributed by atoms with Crippen molar-refractivity contribution >= 4 is 59.3 Å². The second kappa shape index (κ2) is 14.5. The normalized spacial score (nSPS) is 11.7. The molecule has 1 aliphatic rings. The van der Waals surface area contributed by atoms with E-state index < -0.39 is 0 Å².